The molecule has 3 aromatic rings. The number of ether oxygens (including phenoxy) is 1. The van der Waals surface area contributed by atoms with E-state index in [1.807, 2.05) is 72.8 Å². The Morgan fingerprint density at radius 1 is 0.939 bits per heavy atom. The first-order valence-corrected chi connectivity index (χ1v) is 10.7. The first-order valence-electron chi connectivity index (χ1n) is 10.7. The average molecular weight is 443 g/mol. The third-order valence-corrected chi connectivity index (χ3v) is 5.33. The molecular weight excluding hydrogens is 416 g/mol. The highest BCUT2D eigenvalue weighted by atomic mass is 16.6. The normalized spacial score (nSPS) is 11.5. The summed E-state index contributed by atoms with van der Waals surface area (Å²) < 4.78 is 5.45. The monoisotopic (exact) mass is 442 g/mol. The fourth-order valence-electron chi connectivity index (χ4n) is 3.68. The van der Waals surface area contributed by atoms with Crippen molar-refractivity contribution >= 4 is 12.1 Å². The van der Waals surface area contributed by atoms with Gasteiger partial charge in [-0.3, -0.25) is 4.90 Å². The van der Waals surface area contributed by atoms with Crippen LogP contribution in [-0.4, -0.2) is 28.1 Å². The molecular formula is C27H26N2O4. The van der Waals surface area contributed by atoms with E-state index in [-0.39, 0.29) is 19.1 Å². The maximum absolute atomic E-state index is 12.9. The van der Waals surface area contributed by atoms with Crippen molar-refractivity contribution in [3.05, 3.63) is 95.6 Å². The smallest absolute Gasteiger partial charge is 0.411 e. The molecule has 6 heteroatoms. The maximum atomic E-state index is 12.9. The second-order valence-corrected chi connectivity index (χ2v) is 8.05. The fraction of sp³-hybridized carbons (Fsp3) is 0.222. The van der Waals surface area contributed by atoms with Crippen molar-refractivity contribution in [2.24, 2.45) is 5.92 Å². The molecule has 0 radical (unpaired) electrons. The molecule has 0 saturated carbocycles. The summed E-state index contributed by atoms with van der Waals surface area (Å²) in [5.74, 6) is -1.39. The van der Waals surface area contributed by atoms with Crippen molar-refractivity contribution in [3.8, 4) is 17.2 Å². The predicted octanol–water partition coefficient (Wildman–Crippen LogP) is 5.47. The Balaban J connectivity index is 1.82. The lowest BCUT2D eigenvalue weighted by molar-refractivity contribution is -0.144. The van der Waals surface area contributed by atoms with Gasteiger partial charge < -0.3 is 9.84 Å². The number of rotatable bonds is 8. The fourth-order valence-corrected chi connectivity index (χ4v) is 3.68. The van der Waals surface area contributed by atoms with Crippen molar-refractivity contribution < 1.29 is 19.4 Å². The van der Waals surface area contributed by atoms with Crippen LogP contribution >= 0.6 is 0 Å². The second-order valence-electron chi connectivity index (χ2n) is 8.05. The largest absolute Gasteiger partial charge is 0.480 e. The number of carboxylic acid groups (broad SMARTS) is 1. The van der Waals surface area contributed by atoms with Gasteiger partial charge in [0.25, 0.3) is 0 Å². The molecule has 0 saturated heterocycles. The molecule has 3 rings (SSSR count). The van der Waals surface area contributed by atoms with Crippen LogP contribution in [-0.2, 0) is 22.7 Å². The zero-order chi connectivity index (χ0) is 23.8. The van der Waals surface area contributed by atoms with E-state index in [0.29, 0.717) is 5.56 Å². The van der Waals surface area contributed by atoms with Crippen LogP contribution in [0.15, 0.2) is 78.9 Å². The number of amides is 1. The van der Waals surface area contributed by atoms with Gasteiger partial charge in [-0.15, -0.1) is 0 Å². The lowest BCUT2D eigenvalue weighted by Crippen LogP contribution is -2.47. The Morgan fingerprint density at radius 2 is 1.58 bits per heavy atom. The highest BCUT2D eigenvalue weighted by molar-refractivity contribution is 5.80. The van der Waals surface area contributed by atoms with Gasteiger partial charge in [-0.05, 0) is 34.2 Å². The van der Waals surface area contributed by atoms with Crippen LogP contribution in [0.3, 0.4) is 0 Å². The zero-order valence-electron chi connectivity index (χ0n) is 18.6. The lowest BCUT2D eigenvalue weighted by atomic mass is 9.98. The summed E-state index contributed by atoms with van der Waals surface area (Å²) in [6.45, 7) is 3.67. The minimum atomic E-state index is -1.08. The van der Waals surface area contributed by atoms with E-state index in [2.05, 4.69) is 6.07 Å². The standard InChI is InChI=1S/C27H26N2O4/c1-19(2)25(26(30)31)29(27(32)33-18-21-8-4-3-5-9-21)17-20-12-14-22(15-13-20)24-11-7-6-10-23(24)16-28/h3-15,19,25H,17-18H2,1-2H3,(H,30,31)/t25-/m0/s1. The summed E-state index contributed by atoms with van der Waals surface area (Å²) >= 11 is 0. The van der Waals surface area contributed by atoms with Gasteiger partial charge in [-0.25, -0.2) is 9.59 Å². The van der Waals surface area contributed by atoms with Gasteiger partial charge in [0.15, 0.2) is 0 Å². The van der Waals surface area contributed by atoms with E-state index in [9.17, 15) is 20.0 Å². The molecule has 3 aromatic carbocycles. The van der Waals surface area contributed by atoms with Crippen molar-refractivity contribution in [1.82, 2.24) is 4.90 Å². The maximum Gasteiger partial charge on any atom is 0.411 e. The van der Waals surface area contributed by atoms with E-state index in [1.165, 1.54) is 4.90 Å². The molecule has 0 fully saturated rings. The third-order valence-electron chi connectivity index (χ3n) is 5.33. The molecule has 0 heterocycles. The highest BCUT2D eigenvalue weighted by Crippen LogP contribution is 2.25. The van der Waals surface area contributed by atoms with E-state index in [4.69, 9.17) is 4.74 Å². The van der Waals surface area contributed by atoms with Crippen molar-refractivity contribution in [1.29, 1.82) is 5.26 Å². The van der Waals surface area contributed by atoms with E-state index in [1.54, 1.807) is 19.9 Å². The summed E-state index contributed by atoms with van der Waals surface area (Å²) in [4.78, 5) is 26.2. The van der Waals surface area contributed by atoms with Gasteiger partial charge in [0.1, 0.15) is 12.6 Å². The SMILES string of the molecule is CC(C)[C@@H](C(=O)O)N(Cc1ccc(-c2ccccc2C#N)cc1)C(=O)OCc1ccccc1. The predicted molar refractivity (Wildman–Crippen MR) is 125 cm³/mol. The third kappa shape index (κ3) is 5.98. The molecule has 168 valence electrons. The van der Waals surface area contributed by atoms with Gasteiger partial charge in [0.2, 0.25) is 0 Å². The Hall–Kier alpha value is -4.11. The van der Waals surface area contributed by atoms with Crippen molar-refractivity contribution in [2.75, 3.05) is 0 Å². The van der Waals surface area contributed by atoms with Crippen LogP contribution < -0.4 is 0 Å². The summed E-state index contributed by atoms with van der Waals surface area (Å²) in [6, 6.07) is 25.1. The van der Waals surface area contributed by atoms with Crippen molar-refractivity contribution in [3.63, 3.8) is 0 Å². The Morgan fingerprint density at radius 3 is 2.18 bits per heavy atom. The van der Waals surface area contributed by atoms with Gasteiger partial charge >= 0.3 is 12.1 Å². The number of carbonyl (C=O) groups is 2. The average Bonchev–Trinajstić information content (AvgIpc) is 2.82. The number of hydrogen-bond donors (Lipinski definition) is 1. The Labute approximate surface area is 193 Å². The number of carboxylic acids is 1. The van der Waals surface area contributed by atoms with E-state index < -0.39 is 18.1 Å². The first kappa shape index (κ1) is 23.6. The van der Waals surface area contributed by atoms with Gasteiger partial charge in [-0.2, -0.15) is 5.26 Å². The molecule has 0 aliphatic carbocycles. The second kappa shape index (κ2) is 11.0. The molecule has 0 aromatic heterocycles. The molecule has 1 amide bonds. The van der Waals surface area contributed by atoms with Gasteiger partial charge in [0.05, 0.1) is 11.6 Å². The molecule has 1 N–H and O–H groups in total. The number of nitriles is 1. The topological polar surface area (TPSA) is 90.6 Å². The van der Waals surface area contributed by atoms with Crippen LogP contribution in [0.1, 0.15) is 30.5 Å². The molecule has 0 unspecified atom stereocenters. The summed E-state index contributed by atoms with van der Waals surface area (Å²) in [6.07, 6.45) is -0.682. The Kier molecular flexibility index (Phi) is 7.82. The summed E-state index contributed by atoms with van der Waals surface area (Å²) in [7, 11) is 0. The van der Waals surface area contributed by atoms with E-state index >= 15 is 0 Å². The van der Waals surface area contributed by atoms with Crippen LogP contribution in [0, 0.1) is 17.2 Å². The molecule has 6 nitrogen and oxygen atoms in total. The highest BCUT2D eigenvalue weighted by Gasteiger charge is 2.33. The number of benzene rings is 3. The van der Waals surface area contributed by atoms with Crippen LogP contribution in [0.4, 0.5) is 4.79 Å². The van der Waals surface area contributed by atoms with Crippen molar-refractivity contribution in [2.45, 2.75) is 33.0 Å². The molecule has 1 atom stereocenters. The van der Waals surface area contributed by atoms with Gasteiger partial charge in [0, 0.05) is 6.54 Å². The van der Waals surface area contributed by atoms with Crippen LogP contribution in [0.25, 0.3) is 11.1 Å². The summed E-state index contributed by atoms with van der Waals surface area (Å²) in [5, 5.41) is 19.1. The van der Waals surface area contributed by atoms with Crippen LogP contribution in [0.5, 0.6) is 0 Å². The first-order chi connectivity index (χ1) is 15.9. The minimum Gasteiger partial charge on any atom is -0.480 e. The molecule has 0 aliphatic heterocycles. The number of hydrogen-bond acceptors (Lipinski definition) is 4. The summed E-state index contributed by atoms with van der Waals surface area (Å²) in [5.41, 5.74) is 3.84. The molecule has 0 spiro atoms. The molecule has 33 heavy (non-hydrogen) atoms. The number of nitrogens with zero attached hydrogens (tertiary/aromatic N) is 2. The van der Waals surface area contributed by atoms with Crippen LogP contribution in [0.2, 0.25) is 0 Å². The molecule has 0 bridgehead atoms. The van der Waals surface area contributed by atoms with Gasteiger partial charge in [-0.1, -0.05) is 86.6 Å². The lowest BCUT2D eigenvalue weighted by Gasteiger charge is -2.30. The Bertz CT molecular complexity index is 1130. The number of carbonyl (C=O) groups excluding carboxylic acids is 1. The quantitative estimate of drug-likeness (QED) is 0.499. The number of aliphatic carboxylic acids is 1. The molecule has 0 aliphatic rings. The minimum absolute atomic E-state index is 0.0600. The zero-order valence-corrected chi connectivity index (χ0v) is 18.6. The van der Waals surface area contributed by atoms with E-state index in [0.717, 1.165) is 22.3 Å².